The van der Waals surface area contributed by atoms with Crippen molar-refractivity contribution in [2.75, 3.05) is 0 Å². The van der Waals surface area contributed by atoms with Crippen LogP contribution >= 0.6 is 12.8 Å². The molecule has 3 nitrogen and oxygen atoms in total. The normalized spacial score (nSPS) is 27.5. The second-order valence-electron chi connectivity index (χ2n) is 5.38. The Bertz CT molecular complexity index is 233. The van der Waals surface area contributed by atoms with E-state index >= 15 is 0 Å². The van der Waals surface area contributed by atoms with Gasteiger partial charge in [-0.1, -0.05) is 12.8 Å². The van der Waals surface area contributed by atoms with E-state index in [9.17, 15) is 4.79 Å². The third kappa shape index (κ3) is 2.06. The molecule has 0 saturated carbocycles. The van der Waals surface area contributed by atoms with Gasteiger partial charge in [0.05, 0.1) is 5.92 Å². The lowest BCUT2D eigenvalue weighted by Gasteiger charge is -2.51. The van der Waals surface area contributed by atoms with Gasteiger partial charge in [0.25, 0.3) is 0 Å². The lowest BCUT2D eigenvalue weighted by Crippen LogP contribution is -2.57. The average molecular weight is 217 g/mol. The fraction of sp³-hybridized carbons (Fsp3) is 0.900. The molecule has 14 heavy (non-hydrogen) atoms. The van der Waals surface area contributed by atoms with Gasteiger partial charge in [-0.05, 0) is 40.5 Å². The fourth-order valence-corrected chi connectivity index (χ4v) is 2.61. The minimum Gasteiger partial charge on any atom is -0.481 e. The molecule has 0 bridgehead atoms. The molecule has 0 spiro atoms. The number of thiol groups is 1. The summed E-state index contributed by atoms with van der Waals surface area (Å²) in [4.78, 5) is 11.0. The molecule has 1 aliphatic rings. The highest BCUT2D eigenvalue weighted by Gasteiger charge is 2.46. The van der Waals surface area contributed by atoms with Gasteiger partial charge in [-0.2, -0.15) is 0 Å². The monoisotopic (exact) mass is 217 g/mol. The van der Waals surface area contributed by atoms with Gasteiger partial charge in [-0.15, -0.1) is 0 Å². The van der Waals surface area contributed by atoms with E-state index in [2.05, 4.69) is 12.8 Å². The van der Waals surface area contributed by atoms with Crippen LogP contribution in [0.5, 0.6) is 0 Å². The van der Waals surface area contributed by atoms with E-state index < -0.39 is 5.97 Å². The number of carboxylic acid groups (broad SMARTS) is 1. The third-order valence-electron chi connectivity index (χ3n) is 2.99. The zero-order valence-corrected chi connectivity index (χ0v) is 10.1. The maximum Gasteiger partial charge on any atom is 0.306 e. The molecule has 0 aromatic carbocycles. The molecular weight excluding hydrogens is 198 g/mol. The van der Waals surface area contributed by atoms with Crippen molar-refractivity contribution in [3.8, 4) is 0 Å². The van der Waals surface area contributed by atoms with Crippen molar-refractivity contribution < 1.29 is 9.90 Å². The Morgan fingerprint density at radius 3 is 1.93 bits per heavy atom. The van der Waals surface area contributed by atoms with Crippen molar-refractivity contribution in [2.45, 2.75) is 51.6 Å². The number of hydrogen-bond donors (Lipinski definition) is 2. The summed E-state index contributed by atoms with van der Waals surface area (Å²) >= 11 is 4.47. The van der Waals surface area contributed by atoms with Crippen LogP contribution in [0.3, 0.4) is 0 Å². The van der Waals surface area contributed by atoms with Gasteiger partial charge in [-0.3, -0.25) is 4.79 Å². The highest BCUT2D eigenvalue weighted by atomic mass is 32.1. The van der Waals surface area contributed by atoms with Gasteiger partial charge < -0.3 is 5.11 Å². The molecule has 1 fully saturated rings. The molecule has 0 aliphatic carbocycles. The third-order valence-corrected chi connectivity index (χ3v) is 4.07. The van der Waals surface area contributed by atoms with Gasteiger partial charge in [0.1, 0.15) is 0 Å². The summed E-state index contributed by atoms with van der Waals surface area (Å²) < 4.78 is 1.99. The van der Waals surface area contributed by atoms with Crippen LogP contribution < -0.4 is 0 Å². The standard InChI is InChI=1S/C10H19NO2S/c1-9(2)5-7(8(12)13)6-10(3,4)11(9)14/h7,14H,5-6H2,1-4H3,(H,12,13). The summed E-state index contributed by atoms with van der Waals surface area (Å²) in [7, 11) is 0. The van der Waals surface area contributed by atoms with E-state index in [1.165, 1.54) is 0 Å². The number of rotatable bonds is 1. The minimum atomic E-state index is -0.687. The van der Waals surface area contributed by atoms with E-state index in [-0.39, 0.29) is 17.0 Å². The molecule has 1 aliphatic heterocycles. The Morgan fingerprint density at radius 1 is 1.29 bits per heavy atom. The zero-order valence-electron chi connectivity index (χ0n) is 9.24. The molecule has 0 radical (unpaired) electrons. The second-order valence-corrected chi connectivity index (χ2v) is 5.78. The molecule has 0 amide bonds. The first-order valence-electron chi connectivity index (χ1n) is 4.89. The number of nitrogens with zero attached hydrogens (tertiary/aromatic N) is 1. The van der Waals surface area contributed by atoms with Gasteiger partial charge in [-0.25, -0.2) is 4.31 Å². The number of carboxylic acids is 1. The molecule has 1 rings (SSSR count). The first-order chi connectivity index (χ1) is 6.17. The van der Waals surface area contributed by atoms with Crippen molar-refractivity contribution in [3.05, 3.63) is 0 Å². The van der Waals surface area contributed by atoms with Crippen LogP contribution in [0, 0.1) is 5.92 Å². The summed E-state index contributed by atoms with van der Waals surface area (Å²) in [6, 6.07) is 0. The number of piperidine rings is 1. The molecule has 0 aromatic heterocycles. The van der Waals surface area contributed by atoms with Crippen molar-refractivity contribution in [3.63, 3.8) is 0 Å². The van der Waals surface area contributed by atoms with Crippen LogP contribution in [0.25, 0.3) is 0 Å². The van der Waals surface area contributed by atoms with Gasteiger partial charge >= 0.3 is 5.97 Å². The zero-order chi connectivity index (χ0) is 11.1. The minimum absolute atomic E-state index is 0.159. The van der Waals surface area contributed by atoms with Crippen LogP contribution in [0.2, 0.25) is 0 Å². The smallest absolute Gasteiger partial charge is 0.306 e. The summed E-state index contributed by atoms with van der Waals surface area (Å²) in [5.74, 6) is -0.934. The maximum atomic E-state index is 11.0. The topological polar surface area (TPSA) is 40.5 Å². The summed E-state index contributed by atoms with van der Waals surface area (Å²) in [6.45, 7) is 8.15. The first-order valence-corrected chi connectivity index (χ1v) is 5.29. The number of carbonyl (C=O) groups is 1. The summed E-state index contributed by atoms with van der Waals surface area (Å²) in [5, 5.41) is 9.05. The predicted molar refractivity (Wildman–Crippen MR) is 59.3 cm³/mol. The molecule has 1 saturated heterocycles. The fourth-order valence-electron chi connectivity index (χ4n) is 2.45. The van der Waals surface area contributed by atoms with E-state index in [1.807, 2.05) is 32.0 Å². The molecule has 0 atom stereocenters. The van der Waals surface area contributed by atoms with E-state index in [0.29, 0.717) is 12.8 Å². The van der Waals surface area contributed by atoms with Crippen molar-refractivity contribution in [1.29, 1.82) is 0 Å². The van der Waals surface area contributed by atoms with E-state index in [0.717, 1.165) is 0 Å². The molecule has 4 heteroatoms. The Morgan fingerprint density at radius 2 is 1.64 bits per heavy atom. The second kappa shape index (κ2) is 3.42. The maximum absolute atomic E-state index is 11.0. The average Bonchev–Trinajstić information content (AvgIpc) is 1.98. The van der Waals surface area contributed by atoms with Crippen LogP contribution in [0.4, 0.5) is 0 Å². The van der Waals surface area contributed by atoms with Crippen molar-refractivity contribution in [1.82, 2.24) is 4.31 Å². The van der Waals surface area contributed by atoms with Gasteiger partial charge in [0.2, 0.25) is 0 Å². The van der Waals surface area contributed by atoms with Crippen LogP contribution in [0.1, 0.15) is 40.5 Å². The summed E-state index contributed by atoms with van der Waals surface area (Å²) in [5.41, 5.74) is -0.318. The summed E-state index contributed by atoms with van der Waals surface area (Å²) in [6.07, 6.45) is 1.32. The Kier molecular flexibility index (Phi) is 2.89. The Hall–Kier alpha value is -0.220. The predicted octanol–water partition coefficient (Wildman–Crippen LogP) is 2.19. The highest BCUT2D eigenvalue weighted by Crippen LogP contribution is 2.42. The van der Waals surface area contributed by atoms with Gasteiger partial charge in [0, 0.05) is 11.1 Å². The quantitative estimate of drug-likeness (QED) is 0.661. The van der Waals surface area contributed by atoms with Crippen molar-refractivity contribution in [2.24, 2.45) is 5.92 Å². The SMILES string of the molecule is CC1(C)CC(C(=O)O)CC(C)(C)N1S. The Balaban J connectivity index is 2.91. The van der Waals surface area contributed by atoms with E-state index in [1.54, 1.807) is 0 Å². The molecule has 0 unspecified atom stereocenters. The number of hydrogen-bond acceptors (Lipinski definition) is 3. The molecule has 1 heterocycles. The molecule has 1 N–H and O–H groups in total. The molecule has 82 valence electrons. The molecule has 0 aromatic rings. The lowest BCUT2D eigenvalue weighted by atomic mass is 9.76. The Labute approximate surface area is 91.0 Å². The highest BCUT2D eigenvalue weighted by molar-refractivity contribution is 7.77. The van der Waals surface area contributed by atoms with Crippen molar-refractivity contribution >= 4 is 18.8 Å². The number of aliphatic carboxylic acids is 1. The van der Waals surface area contributed by atoms with Crippen LogP contribution in [-0.2, 0) is 4.79 Å². The van der Waals surface area contributed by atoms with Gasteiger partial charge in [0.15, 0.2) is 0 Å². The first kappa shape index (κ1) is 11.9. The largest absolute Gasteiger partial charge is 0.481 e. The lowest BCUT2D eigenvalue weighted by molar-refractivity contribution is -0.146. The van der Waals surface area contributed by atoms with Crippen LogP contribution in [-0.4, -0.2) is 26.5 Å². The molecular formula is C10H19NO2S. The van der Waals surface area contributed by atoms with E-state index in [4.69, 9.17) is 5.11 Å². The van der Waals surface area contributed by atoms with Crippen LogP contribution in [0.15, 0.2) is 0 Å².